The van der Waals surface area contributed by atoms with E-state index < -0.39 is 6.04 Å². The van der Waals surface area contributed by atoms with E-state index in [1.54, 1.807) is 35.2 Å². The van der Waals surface area contributed by atoms with E-state index in [4.69, 9.17) is 34.8 Å². The Balaban J connectivity index is 2.32. The highest BCUT2D eigenvalue weighted by molar-refractivity contribution is 6.36. The first-order valence-corrected chi connectivity index (χ1v) is 10.7. The van der Waals surface area contributed by atoms with Gasteiger partial charge in [0.25, 0.3) is 0 Å². The van der Waals surface area contributed by atoms with Gasteiger partial charge in [0, 0.05) is 28.2 Å². The molecule has 29 heavy (non-hydrogen) atoms. The van der Waals surface area contributed by atoms with Gasteiger partial charge in [-0.2, -0.15) is 0 Å². The molecular formula is C22H25Cl3N2O2. The second kappa shape index (κ2) is 11.4. The molecule has 0 spiro atoms. The summed E-state index contributed by atoms with van der Waals surface area (Å²) in [4.78, 5) is 27.6. The zero-order valence-corrected chi connectivity index (χ0v) is 18.8. The van der Waals surface area contributed by atoms with Gasteiger partial charge in [-0.3, -0.25) is 9.59 Å². The molecule has 0 aromatic heterocycles. The van der Waals surface area contributed by atoms with Crippen LogP contribution < -0.4 is 5.32 Å². The van der Waals surface area contributed by atoms with E-state index in [2.05, 4.69) is 5.32 Å². The predicted octanol–water partition coefficient (Wildman–Crippen LogP) is 5.52. The van der Waals surface area contributed by atoms with Crippen LogP contribution in [0.1, 0.15) is 37.8 Å². The number of carbonyl (C=O) groups excluding carboxylic acids is 2. The summed E-state index contributed by atoms with van der Waals surface area (Å²) in [7, 11) is 0. The molecular weight excluding hydrogens is 431 g/mol. The summed E-state index contributed by atoms with van der Waals surface area (Å²) in [5.74, 6) is -0.379. The van der Waals surface area contributed by atoms with E-state index in [-0.39, 0.29) is 24.8 Å². The Labute approximate surface area is 187 Å². The van der Waals surface area contributed by atoms with E-state index in [0.29, 0.717) is 33.6 Å². The van der Waals surface area contributed by atoms with Gasteiger partial charge in [-0.1, -0.05) is 66.8 Å². The van der Waals surface area contributed by atoms with Gasteiger partial charge in [0.05, 0.1) is 6.42 Å². The minimum absolute atomic E-state index is 0.0175. The predicted molar refractivity (Wildman–Crippen MR) is 120 cm³/mol. The fourth-order valence-electron chi connectivity index (χ4n) is 3.03. The van der Waals surface area contributed by atoms with Gasteiger partial charge >= 0.3 is 0 Å². The molecule has 2 rings (SSSR count). The molecule has 7 heteroatoms. The Morgan fingerprint density at radius 3 is 2.17 bits per heavy atom. The first kappa shape index (κ1) is 23.5. The van der Waals surface area contributed by atoms with E-state index in [1.807, 2.05) is 26.0 Å². The highest BCUT2D eigenvalue weighted by Gasteiger charge is 2.29. The molecule has 1 N–H and O–H groups in total. The van der Waals surface area contributed by atoms with Gasteiger partial charge in [0.2, 0.25) is 11.8 Å². The average Bonchev–Trinajstić information content (AvgIpc) is 2.70. The Kier molecular flexibility index (Phi) is 9.28. The fraction of sp³-hybridized carbons (Fsp3) is 0.364. The topological polar surface area (TPSA) is 49.4 Å². The van der Waals surface area contributed by atoms with Gasteiger partial charge in [-0.05, 0) is 48.2 Å². The lowest BCUT2D eigenvalue weighted by molar-refractivity contribution is -0.140. The Bertz CT molecular complexity index is 820. The van der Waals surface area contributed by atoms with E-state index in [0.717, 1.165) is 12.0 Å². The molecule has 0 fully saturated rings. The van der Waals surface area contributed by atoms with Crippen LogP contribution in [-0.2, 0) is 22.6 Å². The van der Waals surface area contributed by atoms with Gasteiger partial charge in [-0.15, -0.1) is 0 Å². The smallest absolute Gasteiger partial charge is 0.242 e. The Morgan fingerprint density at radius 2 is 1.62 bits per heavy atom. The molecule has 0 aliphatic rings. The van der Waals surface area contributed by atoms with Crippen molar-refractivity contribution in [2.24, 2.45) is 0 Å². The number of benzene rings is 2. The second-order valence-corrected chi connectivity index (χ2v) is 7.99. The van der Waals surface area contributed by atoms with Crippen LogP contribution in [0.25, 0.3) is 0 Å². The Morgan fingerprint density at radius 1 is 1.00 bits per heavy atom. The van der Waals surface area contributed by atoms with Gasteiger partial charge in [-0.25, -0.2) is 0 Å². The zero-order chi connectivity index (χ0) is 21.4. The third-order valence-electron chi connectivity index (χ3n) is 4.59. The maximum atomic E-state index is 13.3. The summed E-state index contributed by atoms with van der Waals surface area (Å²) < 4.78 is 0. The lowest BCUT2D eigenvalue weighted by atomic mass is 10.1. The molecule has 2 aromatic carbocycles. The number of nitrogens with one attached hydrogen (secondary N) is 1. The van der Waals surface area contributed by atoms with Crippen LogP contribution in [0.5, 0.6) is 0 Å². The molecule has 4 nitrogen and oxygen atoms in total. The minimum atomic E-state index is -0.592. The molecule has 0 saturated carbocycles. The summed E-state index contributed by atoms with van der Waals surface area (Å²) >= 11 is 18.5. The van der Waals surface area contributed by atoms with Gasteiger partial charge < -0.3 is 10.2 Å². The van der Waals surface area contributed by atoms with Crippen molar-refractivity contribution in [2.45, 2.75) is 45.7 Å². The van der Waals surface area contributed by atoms with Crippen molar-refractivity contribution in [1.29, 1.82) is 0 Å². The molecule has 0 saturated heterocycles. The van der Waals surface area contributed by atoms with Crippen LogP contribution in [0, 0.1) is 0 Å². The molecule has 156 valence electrons. The highest BCUT2D eigenvalue weighted by Crippen LogP contribution is 2.26. The normalized spacial score (nSPS) is 11.8. The van der Waals surface area contributed by atoms with Crippen molar-refractivity contribution in [3.8, 4) is 0 Å². The molecule has 0 bridgehead atoms. The third-order valence-corrected chi connectivity index (χ3v) is 5.55. The monoisotopic (exact) mass is 454 g/mol. The van der Waals surface area contributed by atoms with E-state index in [1.165, 1.54) is 0 Å². The summed E-state index contributed by atoms with van der Waals surface area (Å²) in [5, 5.41) is 4.37. The number of rotatable bonds is 9. The molecule has 2 amide bonds. The van der Waals surface area contributed by atoms with E-state index >= 15 is 0 Å². The summed E-state index contributed by atoms with van der Waals surface area (Å²) in [6, 6.07) is 11.8. The highest BCUT2D eigenvalue weighted by atomic mass is 35.5. The number of carbonyl (C=O) groups is 2. The van der Waals surface area contributed by atoms with Crippen molar-refractivity contribution in [1.82, 2.24) is 10.2 Å². The molecule has 0 aliphatic heterocycles. The van der Waals surface area contributed by atoms with Crippen molar-refractivity contribution in [3.63, 3.8) is 0 Å². The number of hydrogen-bond acceptors (Lipinski definition) is 2. The van der Waals surface area contributed by atoms with Crippen LogP contribution in [0.15, 0.2) is 42.5 Å². The molecule has 0 aliphatic carbocycles. The van der Waals surface area contributed by atoms with Crippen molar-refractivity contribution in [2.75, 3.05) is 6.54 Å². The second-order valence-electron chi connectivity index (χ2n) is 6.74. The van der Waals surface area contributed by atoms with Gasteiger partial charge in [0.15, 0.2) is 0 Å². The van der Waals surface area contributed by atoms with Crippen LogP contribution in [0.4, 0.5) is 0 Å². The van der Waals surface area contributed by atoms with Crippen LogP contribution in [0.2, 0.25) is 15.1 Å². The maximum absolute atomic E-state index is 13.3. The molecule has 0 unspecified atom stereocenters. The fourth-order valence-corrected chi connectivity index (χ4v) is 3.68. The molecule has 0 radical (unpaired) electrons. The van der Waals surface area contributed by atoms with Crippen molar-refractivity contribution >= 4 is 46.6 Å². The SMILES string of the molecule is CCCNC(=O)[C@H](CC)N(Cc1ccc(Cl)cc1)C(=O)Cc1c(Cl)cccc1Cl. The third kappa shape index (κ3) is 6.63. The quantitative estimate of drug-likeness (QED) is 0.541. The lowest BCUT2D eigenvalue weighted by Gasteiger charge is -2.31. The minimum Gasteiger partial charge on any atom is -0.354 e. The number of amides is 2. The summed E-state index contributed by atoms with van der Waals surface area (Å²) in [6.45, 7) is 4.73. The summed E-state index contributed by atoms with van der Waals surface area (Å²) in [6.07, 6.45) is 1.33. The van der Waals surface area contributed by atoms with Crippen LogP contribution >= 0.6 is 34.8 Å². The molecule has 1 atom stereocenters. The Hall–Kier alpha value is -1.75. The largest absolute Gasteiger partial charge is 0.354 e. The lowest BCUT2D eigenvalue weighted by Crippen LogP contribution is -2.49. The van der Waals surface area contributed by atoms with Crippen molar-refractivity contribution < 1.29 is 9.59 Å². The van der Waals surface area contributed by atoms with Crippen LogP contribution in [0.3, 0.4) is 0 Å². The standard InChI is InChI=1S/C22H25Cl3N2O2/c1-3-12-26-22(29)20(4-2)27(14-15-8-10-16(23)11-9-15)21(28)13-17-18(24)6-5-7-19(17)25/h5-11,20H,3-4,12-14H2,1-2H3,(H,26,29)/t20-/m0/s1. The number of hydrogen-bond donors (Lipinski definition) is 1. The first-order valence-electron chi connectivity index (χ1n) is 9.61. The average molecular weight is 456 g/mol. The molecule has 0 heterocycles. The van der Waals surface area contributed by atoms with Crippen LogP contribution in [-0.4, -0.2) is 29.3 Å². The molecule has 2 aromatic rings. The zero-order valence-electron chi connectivity index (χ0n) is 16.6. The van der Waals surface area contributed by atoms with Gasteiger partial charge in [0.1, 0.15) is 6.04 Å². The number of halogens is 3. The number of nitrogens with zero attached hydrogens (tertiary/aromatic N) is 1. The maximum Gasteiger partial charge on any atom is 0.242 e. The summed E-state index contributed by atoms with van der Waals surface area (Å²) in [5.41, 5.74) is 1.44. The van der Waals surface area contributed by atoms with Crippen molar-refractivity contribution in [3.05, 3.63) is 68.7 Å². The first-order chi connectivity index (χ1) is 13.9. The van der Waals surface area contributed by atoms with E-state index in [9.17, 15) is 9.59 Å².